The zero-order chi connectivity index (χ0) is 16.8. The molecule has 1 aliphatic carbocycles. The Morgan fingerprint density at radius 1 is 1.43 bits per heavy atom. The van der Waals surface area contributed by atoms with Crippen molar-refractivity contribution in [1.29, 1.82) is 0 Å². The van der Waals surface area contributed by atoms with E-state index in [2.05, 4.69) is 5.32 Å². The Labute approximate surface area is 143 Å². The smallest absolute Gasteiger partial charge is 0.227 e. The van der Waals surface area contributed by atoms with Crippen molar-refractivity contribution < 1.29 is 9.53 Å². The van der Waals surface area contributed by atoms with E-state index in [0.717, 1.165) is 32.2 Å². The molecule has 0 aromatic heterocycles. The molecule has 2 atom stereocenters. The van der Waals surface area contributed by atoms with Gasteiger partial charge in [0.15, 0.2) is 0 Å². The normalized spacial score (nSPS) is 21.3. The quantitative estimate of drug-likeness (QED) is 0.836. The number of carbonyl (C=O) groups is 1. The van der Waals surface area contributed by atoms with Crippen LogP contribution in [0.1, 0.15) is 25.7 Å². The highest BCUT2D eigenvalue weighted by molar-refractivity contribution is 6.32. The van der Waals surface area contributed by atoms with E-state index in [1.807, 2.05) is 25.1 Å². The Morgan fingerprint density at radius 3 is 2.87 bits per heavy atom. The summed E-state index contributed by atoms with van der Waals surface area (Å²) in [6.07, 6.45) is 3.68. The Hall–Kier alpha value is -1.30. The van der Waals surface area contributed by atoms with Gasteiger partial charge in [-0.1, -0.05) is 18.0 Å². The van der Waals surface area contributed by atoms with E-state index in [1.165, 1.54) is 0 Å². The molecule has 6 heteroatoms. The Kier molecular flexibility index (Phi) is 6.69. The van der Waals surface area contributed by atoms with Crippen LogP contribution in [0.4, 0.5) is 5.69 Å². The largest absolute Gasteiger partial charge is 0.491 e. The third-order valence-electron chi connectivity index (χ3n) is 4.08. The molecule has 1 aromatic carbocycles. The predicted octanol–water partition coefficient (Wildman–Crippen LogP) is 2.74. The highest BCUT2D eigenvalue weighted by atomic mass is 35.5. The van der Waals surface area contributed by atoms with Gasteiger partial charge >= 0.3 is 0 Å². The number of ether oxygens (including phenoxy) is 1. The molecule has 2 unspecified atom stereocenters. The third-order valence-corrected chi connectivity index (χ3v) is 4.38. The van der Waals surface area contributed by atoms with Crippen molar-refractivity contribution in [3.05, 3.63) is 23.2 Å². The minimum atomic E-state index is -0.00598. The average Bonchev–Trinajstić information content (AvgIpc) is 2.49. The number of likely N-dealkylation sites (N-methyl/N-ethyl adjacent to an activating group) is 1. The molecular formula is C17H26ClN3O2. The average molecular weight is 340 g/mol. The Bertz CT molecular complexity index is 537. The predicted molar refractivity (Wildman–Crippen MR) is 94.1 cm³/mol. The molecule has 5 nitrogen and oxygen atoms in total. The summed E-state index contributed by atoms with van der Waals surface area (Å²) >= 11 is 6.23. The minimum absolute atomic E-state index is 0.00598. The van der Waals surface area contributed by atoms with Crippen LogP contribution in [0, 0.1) is 5.92 Å². The van der Waals surface area contributed by atoms with Gasteiger partial charge in [-0.15, -0.1) is 0 Å². The van der Waals surface area contributed by atoms with Crippen LogP contribution < -0.4 is 15.8 Å². The van der Waals surface area contributed by atoms with Gasteiger partial charge in [0.1, 0.15) is 12.4 Å². The number of hydrogen-bond acceptors (Lipinski definition) is 4. The van der Waals surface area contributed by atoms with Crippen molar-refractivity contribution in [2.24, 2.45) is 11.7 Å². The lowest BCUT2D eigenvalue weighted by Crippen LogP contribution is -2.34. The molecule has 0 heterocycles. The maximum Gasteiger partial charge on any atom is 0.227 e. The Balaban J connectivity index is 1.90. The molecule has 0 radical (unpaired) electrons. The maximum absolute atomic E-state index is 12.3. The molecule has 1 amide bonds. The second kappa shape index (κ2) is 8.52. The van der Waals surface area contributed by atoms with E-state index in [0.29, 0.717) is 23.1 Å². The summed E-state index contributed by atoms with van der Waals surface area (Å²) in [5.41, 5.74) is 6.64. The third kappa shape index (κ3) is 5.68. The molecule has 1 fully saturated rings. The topological polar surface area (TPSA) is 67.6 Å². The van der Waals surface area contributed by atoms with Gasteiger partial charge < -0.3 is 20.7 Å². The summed E-state index contributed by atoms with van der Waals surface area (Å²) in [6.45, 7) is 1.38. The van der Waals surface area contributed by atoms with Crippen LogP contribution in [0.15, 0.2) is 18.2 Å². The van der Waals surface area contributed by atoms with E-state index in [4.69, 9.17) is 22.1 Å². The number of nitrogens with one attached hydrogen (secondary N) is 1. The van der Waals surface area contributed by atoms with Crippen molar-refractivity contribution in [3.8, 4) is 5.75 Å². The van der Waals surface area contributed by atoms with E-state index in [9.17, 15) is 4.79 Å². The molecule has 128 valence electrons. The SMILES string of the molecule is CN(C)CCOc1ccc(NC(=O)C2CCCC(N)C2)cc1Cl. The monoisotopic (exact) mass is 339 g/mol. The van der Waals surface area contributed by atoms with E-state index >= 15 is 0 Å². The summed E-state index contributed by atoms with van der Waals surface area (Å²) in [5.74, 6) is 0.650. The number of halogens is 1. The molecule has 3 N–H and O–H groups in total. The number of amides is 1. The lowest BCUT2D eigenvalue weighted by molar-refractivity contribution is -0.120. The molecule has 23 heavy (non-hydrogen) atoms. The van der Waals surface area contributed by atoms with E-state index < -0.39 is 0 Å². The zero-order valence-electron chi connectivity index (χ0n) is 13.8. The molecule has 1 aliphatic rings. The summed E-state index contributed by atoms with van der Waals surface area (Å²) in [5, 5.41) is 3.43. The number of nitrogens with zero attached hydrogens (tertiary/aromatic N) is 1. The van der Waals surface area contributed by atoms with Gasteiger partial charge in [0.25, 0.3) is 0 Å². The second-order valence-electron chi connectivity index (χ2n) is 6.41. The first kappa shape index (κ1) is 18.0. The molecule has 0 bridgehead atoms. The van der Waals surface area contributed by atoms with Crippen molar-refractivity contribution in [2.75, 3.05) is 32.6 Å². The van der Waals surface area contributed by atoms with Crippen molar-refractivity contribution in [1.82, 2.24) is 4.90 Å². The van der Waals surface area contributed by atoms with Crippen molar-refractivity contribution in [2.45, 2.75) is 31.7 Å². The molecule has 0 spiro atoms. The molecule has 1 aromatic rings. The summed E-state index contributed by atoms with van der Waals surface area (Å²) < 4.78 is 5.64. The van der Waals surface area contributed by atoms with Gasteiger partial charge in [0.2, 0.25) is 5.91 Å². The number of carbonyl (C=O) groups excluding carboxylic acids is 1. The molecule has 0 saturated heterocycles. The van der Waals surface area contributed by atoms with Crippen LogP contribution >= 0.6 is 11.6 Å². The highest BCUT2D eigenvalue weighted by Crippen LogP contribution is 2.29. The molecule has 2 rings (SSSR count). The fraction of sp³-hybridized carbons (Fsp3) is 0.588. The van der Waals surface area contributed by atoms with Gasteiger partial charge in [0, 0.05) is 24.2 Å². The number of rotatable bonds is 6. The fourth-order valence-corrected chi connectivity index (χ4v) is 2.98. The molecule has 0 aliphatic heterocycles. The van der Waals surface area contributed by atoms with Crippen LogP contribution in [0.25, 0.3) is 0 Å². The standard InChI is InChI=1S/C17H26ClN3O2/c1-21(2)8-9-23-16-7-6-14(11-15(16)18)20-17(22)12-4-3-5-13(19)10-12/h6-7,11-13H,3-5,8-10,19H2,1-2H3,(H,20,22). The summed E-state index contributed by atoms with van der Waals surface area (Å²) in [6, 6.07) is 5.47. The first-order chi connectivity index (χ1) is 11.0. The van der Waals surface area contributed by atoms with Crippen LogP contribution in [0.3, 0.4) is 0 Å². The number of nitrogens with two attached hydrogens (primary N) is 1. The maximum atomic E-state index is 12.3. The van der Waals surface area contributed by atoms with E-state index in [-0.39, 0.29) is 17.9 Å². The van der Waals surface area contributed by atoms with Crippen LogP contribution in [-0.4, -0.2) is 44.1 Å². The number of anilines is 1. The van der Waals surface area contributed by atoms with E-state index in [1.54, 1.807) is 12.1 Å². The van der Waals surface area contributed by atoms with Crippen LogP contribution in [0.5, 0.6) is 5.75 Å². The summed E-state index contributed by atoms with van der Waals surface area (Å²) in [4.78, 5) is 14.3. The zero-order valence-corrected chi connectivity index (χ0v) is 14.6. The van der Waals surface area contributed by atoms with Gasteiger partial charge in [-0.25, -0.2) is 0 Å². The number of benzene rings is 1. The fourth-order valence-electron chi connectivity index (χ4n) is 2.74. The van der Waals surface area contributed by atoms with Crippen molar-refractivity contribution in [3.63, 3.8) is 0 Å². The second-order valence-corrected chi connectivity index (χ2v) is 6.82. The van der Waals surface area contributed by atoms with Crippen LogP contribution in [-0.2, 0) is 4.79 Å². The minimum Gasteiger partial charge on any atom is -0.491 e. The summed E-state index contributed by atoms with van der Waals surface area (Å²) in [7, 11) is 3.97. The van der Waals surface area contributed by atoms with Gasteiger partial charge in [-0.3, -0.25) is 4.79 Å². The first-order valence-corrected chi connectivity index (χ1v) is 8.47. The van der Waals surface area contributed by atoms with Crippen molar-refractivity contribution >= 4 is 23.2 Å². The lowest BCUT2D eigenvalue weighted by Gasteiger charge is -2.25. The molecular weight excluding hydrogens is 314 g/mol. The highest BCUT2D eigenvalue weighted by Gasteiger charge is 2.25. The van der Waals surface area contributed by atoms with Gasteiger partial charge in [-0.05, 0) is 51.6 Å². The number of hydrogen-bond donors (Lipinski definition) is 2. The first-order valence-electron chi connectivity index (χ1n) is 8.09. The van der Waals surface area contributed by atoms with Gasteiger partial charge in [0.05, 0.1) is 5.02 Å². The molecule has 1 saturated carbocycles. The lowest BCUT2D eigenvalue weighted by atomic mass is 9.85. The Morgan fingerprint density at radius 2 is 2.22 bits per heavy atom. The van der Waals surface area contributed by atoms with Gasteiger partial charge in [-0.2, -0.15) is 0 Å². The van der Waals surface area contributed by atoms with Crippen LogP contribution in [0.2, 0.25) is 5.02 Å².